The number of primary amides is 1. The third-order valence-corrected chi connectivity index (χ3v) is 4.94. The molecule has 0 saturated carbocycles. The Hall–Kier alpha value is -2.91. The number of nitrogens with two attached hydrogens (primary N) is 1. The molecule has 1 heterocycles. The number of para-hydroxylation sites is 2. The molecule has 0 fully saturated rings. The molecular formula is C15H14N4O4S. The SMILES string of the molecule is NC(=O)c1ccccc1NC(=O)C1Nc2ccccc2S(=O)(=O)N1. The minimum absolute atomic E-state index is 0.0617. The van der Waals surface area contributed by atoms with Gasteiger partial charge in [-0.3, -0.25) is 9.59 Å². The molecule has 2 aromatic carbocycles. The molecule has 0 spiro atoms. The Balaban J connectivity index is 1.87. The molecule has 1 unspecified atom stereocenters. The van der Waals surface area contributed by atoms with Crippen LogP contribution in [0, 0.1) is 0 Å². The van der Waals surface area contributed by atoms with Crippen molar-refractivity contribution in [2.75, 3.05) is 10.6 Å². The number of anilines is 2. The van der Waals surface area contributed by atoms with Crippen molar-refractivity contribution in [2.24, 2.45) is 5.73 Å². The largest absolute Gasteiger partial charge is 0.366 e. The summed E-state index contributed by atoms with van der Waals surface area (Å²) in [6.07, 6.45) is -1.22. The van der Waals surface area contributed by atoms with Crippen molar-refractivity contribution < 1.29 is 18.0 Å². The highest BCUT2D eigenvalue weighted by atomic mass is 32.2. The van der Waals surface area contributed by atoms with Crippen molar-refractivity contribution in [2.45, 2.75) is 11.1 Å². The molecule has 2 aromatic rings. The number of carbonyl (C=O) groups is 2. The lowest BCUT2D eigenvalue weighted by Crippen LogP contribution is -2.51. The number of hydrogen-bond donors (Lipinski definition) is 4. The van der Waals surface area contributed by atoms with Gasteiger partial charge in [-0.05, 0) is 24.3 Å². The maximum absolute atomic E-state index is 12.4. The van der Waals surface area contributed by atoms with Gasteiger partial charge >= 0.3 is 0 Å². The van der Waals surface area contributed by atoms with Gasteiger partial charge < -0.3 is 16.4 Å². The topological polar surface area (TPSA) is 130 Å². The van der Waals surface area contributed by atoms with Gasteiger partial charge in [-0.2, -0.15) is 4.72 Å². The summed E-state index contributed by atoms with van der Waals surface area (Å²) in [4.78, 5) is 23.8. The van der Waals surface area contributed by atoms with Gasteiger partial charge in [-0.25, -0.2) is 8.42 Å². The maximum atomic E-state index is 12.4. The number of rotatable bonds is 3. The summed E-state index contributed by atoms with van der Waals surface area (Å²) in [5, 5.41) is 5.30. The number of carbonyl (C=O) groups excluding carboxylic acids is 2. The normalized spacial score (nSPS) is 18.1. The van der Waals surface area contributed by atoms with Gasteiger partial charge in [0.2, 0.25) is 10.0 Å². The van der Waals surface area contributed by atoms with E-state index in [0.717, 1.165) is 0 Å². The van der Waals surface area contributed by atoms with Gasteiger partial charge in [-0.15, -0.1) is 0 Å². The van der Waals surface area contributed by atoms with Gasteiger partial charge in [-0.1, -0.05) is 24.3 Å². The number of fused-ring (bicyclic) bond motifs is 1. The first-order chi connectivity index (χ1) is 11.4. The van der Waals surface area contributed by atoms with Gasteiger partial charge in [0.25, 0.3) is 11.8 Å². The average Bonchev–Trinajstić information content (AvgIpc) is 2.54. The first-order valence-electron chi connectivity index (χ1n) is 6.96. The zero-order chi connectivity index (χ0) is 17.3. The Morgan fingerprint density at radius 2 is 1.71 bits per heavy atom. The third kappa shape index (κ3) is 2.94. The predicted molar refractivity (Wildman–Crippen MR) is 87.8 cm³/mol. The third-order valence-electron chi connectivity index (χ3n) is 3.46. The van der Waals surface area contributed by atoms with Crippen molar-refractivity contribution in [3.8, 4) is 0 Å². The lowest BCUT2D eigenvalue weighted by atomic mass is 10.1. The van der Waals surface area contributed by atoms with E-state index in [-0.39, 0.29) is 16.1 Å². The van der Waals surface area contributed by atoms with Crippen LogP contribution < -0.4 is 21.1 Å². The molecule has 1 aliphatic heterocycles. The van der Waals surface area contributed by atoms with E-state index in [4.69, 9.17) is 5.73 Å². The fourth-order valence-electron chi connectivity index (χ4n) is 2.35. The molecule has 24 heavy (non-hydrogen) atoms. The van der Waals surface area contributed by atoms with Crippen molar-refractivity contribution in [1.29, 1.82) is 0 Å². The Morgan fingerprint density at radius 1 is 1.04 bits per heavy atom. The van der Waals surface area contributed by atoms with Crippen molar-refractivity contribution in [3.05, 3.63) is 54.1 Å². The van der Waals surface area contributed by atoms with Crippen LogP contribution in [0.15, 0.2) is 53.4 Å². The molecule has 9 heteroatoms. The highest BCUT2D eigenvalue weighted by Crippen LogP contribution is 2.25. The van der Waals surface area contributed by atoms with E-state index >= 15 is 0 Å². The van der Waals surface area contributed by atoms with E-state index in [1.54, 1.807) is 30.3 Å². The monoisotopic (exact) mass is 346 g/mol. The van der Waals surface area contributed by atoms with Crippen LogP contribution in [0.3, 0.4) is 0 Å². The Bertz CT molecular complexity index is 927. The van der Waals surface area contributed by atoms with Crippen LogP contribution in [0.1, 0.15) is 10.4 Å². The zero-order valence-corrected chi connectivity index (χ0v) is 13.1. The van der Waals surface area contributed by atoms with E-state index in [0.29, 0.717) is 5.69 Å². The minimum atomic E-state index is -3.82. The summed E-state index contributed by atoms with van der Waals surface area (Å²) < 4.78 is 26.7. The highest BCUT2D eigenvalue weighted by molar-refractivity contribution is 7.89. The van der Waals surface area contributed by atoms with Crippen LogP contribution in [0.2, 0.25) is 0 Å². The fourth-order valence-corrected chi connectivity index (χ4v) is 3.63. The highest BCUT2D eigenvalue weighted by Gasteiger charge is 2.33. The summed E-state index contributed by atoms with van der Waals surface area (Å²) >= 11 is 0. The van der Waals surface area contributed by atoms with Crippen molar-refractivity contribution in [1.82, 2.24) is 4.72 Å². The average molecular weight is 346 g/mol. The summed E-state index contributed by atoms with van der Waals surface area (Å²) in [6.45, 7) is 0. The van der Waals surface area contributed by atoms with E-state index in [1.807, 2.05) is 0 Å². The first-order valence-corrected chi connectivity index (χ1v) is 8.44. The molecule has 1 aliphatic rings. The van der Waals surface area contributed by atoms with Gasteiger partial charge in [0.05, 0.1) is 16.9 Å². The van der Waals surface area contributed by atoms with Crippen LogP contribution in [0.25, 0.3) is 0 Å². The summed E-state index contributed by atoms with van der Waals surface area (Å²) in [6, 6.07) is 12.4. The Morgan fingerprint density at radius 3 is 2.46 bits per heavy atom. The van der Waals surface area contributed by atoms with E-state index in [9.17, 15) is 18.0 Å². The maximum Gasteiger partial charge on any atom is 0.262 e. The van der Waals surface area contributed by atoms with E-state index in [1.165, 1.54) is 18.2 Å². The summed E-state index contributed by atoms with van der Waals surface area (Å²) in [5.41, 5.74) is 5.91. The molecule has 0 saturated heterocycles. The predicted octanol–water partition coefficient (Wildman–Crippen LogP) is 0.454. The van der Waals surface area contributed by atoms with Gasteiger partial charge in [0, 0.05) is 0 Å². The number of benzene rings is 2. The lowest BCUT2D eigenvalue weighted by Gasteiger charge is -2.27. The first kappa shape index (κ1) is 16.0. The van der Waals surface area contributed by atoms with E-state index in [2.05, 4.69) is 15.4 Å². The van der Waals surface area contributed by atoms with Crippen LogP contribution in [-0.4, -0.2) is 26.4 Å². The molecule has 5 N–H and O–H groups in total. The second-order valence-corrected chi connectivity index (χ2v) is 6.78. The minimum Gasteiger partial charge on any atom is -0.366 e. The fraction of sp³-hybridized carbons (Fsp3) is 0.0667. The number of amides is 2. The molecule has 1 atom stereocenters. The van der Waals surface area contributed by atoms with E-state index < -0.39 is 28.0 Å². The summed E-state index contributed by atoms with van der Waals surface area (Å²) in [7, 11) is -3.82. The molecule has 124 valence electrons. The smallest absolute Gasteiger partial charge is 0.262 e. The number of hydrogen-bond acceptors (Lipinski definition) is 5. The second kappa shape index (κ2) is 5.95. The molecule has 3 rings (SSSR count). The van der Waals surface area contributed by atoms with Gasteiger partial charge in [0.1, 0.15) is 4.90 Å². The molecule has 0 aliphatic carbocycles. The molecule has 8 nitrogen and oxygen atoms in total. The molecule has 0 aromatic heterocycles. The van der Waals surface area contributed by atoms with Gasteiger partial charge in [0.15, 0.2) is 6.17 Å². The second-order valence-electron chi connectivity index (χ2n) is 5.09. The lowest BCUT2D eigenvalue weighted by molar-refractivity contribution is -0.117. The quantitative estimate of drug-likeness (QED) is 0.641. The van der Waals surface area contributed by atoms with Crippen LogP contribution >= 0.6 is 0 Å². The zero-order valence-electron chi connectivity index (χ0n) is 12.3. The number of sulfonamides is 1. The summed E-state index contributed by atoms with van der Waals surface area (Å²) in [5.74, 6) is -1.37. The Kier molecular flexibility index (Phi) is 3.96. The van der Waals surface area contributed by atoms with Crippen LogP contribution in [0.5, 0.6) is 0 Å². The van der Waals surface area contributed by atoms with Crippen molar-refractivity contribution >= 4 is 33.2 Å². The van der Waals surface area contributed by atoms with Crippen LogP contribution in [0.4, 0.5) is 11.4 Å². The van der Waals surface area contributed by atoms with Crippen LogP contribution in [-0.2, 0) is 14.8 Å². The molecular weight excluding hydrogens is 332 g/mol. The molecule has 0 bridgehead atoms. The number of nitrogens with one attached hydrogen (secondary N) is 3. The Labute approximate surface area is 138 Å². The van der Waals surface area contributed by atoms with Crippen molar-refractivity contribution in [3.63, 3.8) is 0 Å². The standard InChI is InChI=1S/C15H14N4O4S/c16-13(20)9-5-1-2-6-10(9)18-15(21)14-17-11-7-3-4-8-12(11)24(22,23)19-14/h1-8,14,17,19H,(H2,16,20)(H,18,21). The molecule has 2 amide bonds. The molecule has 0 radical (unpaired) electrons.